The van der Waals surface area contributed by atoms with Crippen molar-refractivity contribution >= 4 is 12.0 Å². The Labute approximate surface area is 110 Å². The first-order valence-corrected chi connectivity index (χ1v) is 5.87. The van der Waals surface area contributed by atoms with E-state index in [1.165, 1.54) is 0 Å². The molecule has 1 aromatic heterocycles. The molecule has 2 amide bonds. The number of nitrogens with zero attached hydrogens (tertiary/aromatic N) is 2. The van der Waals surface area contributed by atoms with E-state index in [2.05, 4.69) is 15.3 Å². The van der Waals surface area contributed by atoms with Crippen LogP contribution in [0.25, 0.3) is 0 Å². The van der Waals surface area contributed by atoms with Gasteiger partial charge < -0.3 is 10.4 Å². The maximum Gasteiger partial charge on any atom is 0.338 e. The zero-order valence-electron chi connectivity index (χ0n) is 11.0. The van der Waals surface area contributed by atoms with Gasteiger partial charge in [0.2, 0.25) is 0 Å². The third-order valence-corrected chi connectivity index (χ3v) is 2.30. The smallest absolute Gasteiger partial charge is 0.338 e. The van der Waals surface area contributed by atoms with Crippen LogP contribution in [0, 0.1) is 13.8 Å². The summed E-state index contributed by atoms with van der Waals surface area (Å²) in [6, 6.07) is 1.43. The maximum atomic E-state index is 11.1. The molecule has 0 aromatic carbocycles. The fourth-order valence-corrected chi connectivity index (χ4v) is 1.53. The lowest BCUT2D eigenvalue weighted by Gasteiger charge is -2.07. The van der Waals surface area contributed by atoms with Crippen molar-refractivity contribution in [1.29, 1.82) is 0 Å². The van der Waals surface area contributed by atoms with Gasteiger partial charge in [0.25, 0.3) is 0 Å². The molecule has 0 fully saturated rings. The Hall–Kier alpha value is -2.09. The molecule has 0 aliphatic heterocycles. The first-order chi connectivity index (χ1) is 8.99. The predicted molar refractivity (Wildman–Crippen MR) is 66.4 cm³/mol. The molecular weight excluding hydrogens is 252 g/mol. The minimum Gasteiger partial charge on any atom is -0.479 e. The highest BCUT2D eigenvalue weighted by atomic mass is 16.7. The summed E-state index contributed by atoms with van der Waals surface area (Å²) in [5.41, 5.74) is 4.01. The van der Waals surface area contributed by atoms with E-state index in [1.807, 2.05) is 30.1 Å². The van der Waals surface area contributed by atoms with Crippen molar-refractivity contribution in [2.45, 2.75) is 26.8 Å². The van der Waals surface area contributed by atoms with Gasteiger partial charge in [0.1, 0.15) is 0 Å². The lowest BCUT2D eigenvalue weighted by atomic mass is 10.4. The molecule has 0 spiro atoms. The molecule has 8 nitrogen and oxygen atoms in total. The van der Waals surface area contributed by atoms with Crippen LogP contribution in [0.2, 0.25) is 0 Å². The minimum absolute atomic E-state index is 0.445. The Balaban J connectivity index is 2.12. The number of aliphatic carboxylic acids is 1. The number of amides is 2. The number of hydrogen-bond donors (Lipinski definition) is 3. The van der Waals surface area contributed by atoms with Gasteiger partial charge in [0.05, 0.1) is 5.69 Å². The number of carboxylic acid groups (broad SMARTS) is 1. The third kappa shape index (κ3) is 5.87. The van der Waals surface area contributed by atoms with E-state index in [0.29, 0.717) is 19.5 Å². The van der Waals surface area contributed by atoms with Crippen LogP contribution in [0.5, 0.6) is 0 Å². The van der Waals surface area contributed by atoms with Crippen LogP contribution in [0.15, 0.2) is 6.07 Å². The Morgan fingerprint density at radius 3 is 2.79 bits per heavy atom. The summed E-state index contributed by atoms with van der Waals surface area (Å²) in [7, 11) is 0. The van der Waals surface area contributed by atoms with E-state index in [1.54, 1.807) is 0 Å². The highest BCUT2D eigenvalue weighted by molar-refractivity contribution is 5.73. The SMILES string of the molecule is Cc1cc(C)n(CCCNC(=O)NOCC(=O)O)n1. The molecule has 0 aliphatic carbocycles. The Kier molecular flexibility index (Phi) is 5.80. The topological polar surface area (TPSA) is 105 Å². The lowest BCUT2D eigenvalue weighted by molar-refractivity contribution is -0.144. The Morgan fingerprint density at radius 2 is 2.21 bits per heavy atom. The molecule has 0 radical (unpaired) electrons. The molecule has 0 aliphatic rings. The first-order valence-electron chi connectivity index (χ1n) is 5.87. The molecule has 1 aromatic rings. The summed E-state index contributed by atoms with van der Waals surface area (Å²) in [5.74, 6) is -1.15. The molecule has 0 bridgehead atoms. The molecule has 1 rings (SSSR count). The van der Waals surface area contributed by atoms with Crippen LogP contribution >= 0.6 is 0 Å². The van der Waals surface area contributed by atoms with E-state index in [9.17, 15) is 9.59 Å². The molecule has 8 heteroatoms. The lowest BCUT2D eigenvalue weighted by Crippen LogP contribution is -2.37. The van der Waals surface area contributed by atoms with Gasteiger partial charge in [0.15, 0.2) is 6.61 Å². The molecular formula is C11H18N4O4. The first kappa shape index (κ1) is 15.0. The number of nitrogens with one attached hydrogen (secondary N) is 2. The third-order valence-electron chi connectivity index (χ3n) is 2.30. The monoisotopic (exact) mass is 270 g/mol. The van der Waals surface area contributed by atoms with E-state index in [0.717, 1.165) is 11.4 Å². The number of carbonyl (C=O) groups is 2. The average Bonchev–Trinajstić information content (AvgIpc) is 2.63. The fourth-order valence-electron chi connectivity index (χ4n) is 1.53. The zero-order chi connectivity index (χ0) is 14.3. The Morgan fingerprint density at radius 1 is 1.47 bits per heavy atom. The number of rotatable bonds is 7. The number of aromatic nitrogens is 2. The normalized spacial score (nSPS) is 10.2. The second-order valence-corrected chi connectivity index (χ2v) is 4.04. The highest BCUT2D eigenvalue weighted by Crippen LogP contribution is 2.01. The number of aryl methyl sites for hydroxylation is 3. The molecule has 1 heterocycles. The minimum atomic E-state index is -1.15. The molecule has 0 saturated carbocycles. The number of urea groups is 1. The van der Waals surface area contributed by atoms with E-state index in [-0.39, 0.29) is 0 Å². The summed E-state index contributed by atoms with van der Waals surface area (Å²) in [5, 5.41) is 15.1. The van der Waals surface area contributed by atoms with Gasteiger partial charge in [-0.3, -0.25) is 9.52 Å². The van der Waals surface area contributed by atoms with Crippen molar-refractivity contribution in [1.82, 2.24) is 20.6 Å². The molecule has 19 heavy (non-hydrogen) atoms. The van der Waals surface area contributed by atoms with Gasteiger partial charge in [-0.05, 0) is 26.3 Å². The van der Waals surface area contributed by atoms with Crippen molar-refractivity contribution in [3.05, 3.63) is 17.5 Å². The molecule has 0 atom stereocenters. The van der Waals surface area contributed by atoms with Crippen molar-refractivity contribution < 1.29 is 19.5 Å². The summed E-state index contributed by atoms with van der Waals surface area (Å²) in [6.45, 7) is 4.48. The second kappa shape index (κ2) is 7.37. The van der Waals surface area contributed by atoms with Gasteiger partial charge in [-0.15, -0.1) is 0 Å². The van der Waals surface area contributed by atoms with E-state index >= 15 is 0 Å². The van der Waals surface area contributed by atoms with Crippen LogP contribution < -0.4 is 10.8 Å². The van der Waals surface area contributed by atoms with Gasteiger partial charge in [-0.2, -0.15) is 5.10 Å². The Bertz CT molecular complexity index is 444. The summed E-state index contributed by atoms with van der Waals surface area (Å²) in [4.78, 5) is 25.7. The van der Waals surface area contributed by atoms with Crippen molar-refractivity contribution in [3.63, 3.8) is 0 Å². The van der Waals surface area contributed by atoms with Gasteiger partial charge in [0, 0.05) is 18.8 Å². The largest absolute Gasteiger partial charge is 0.479 e. The van der Waals surface area contributed by atoms with Crippen LogP contribution in [0.3, 0.4) is 0 Å². The van der Waals surface area contributed by atoms with Crippen LogP contribution in [-0.4, -0.2) is 40.0 Å². The molecule has 106 valence electrons. The predicted octanol–water partition coefficient (Wildman–Crippen LogP) is 0.205. The standard InChI is InChI=1S/C11H18N4O4/c1-8-6-9(2)15(13-8)5-3-4-12-11(18)14-19-7-10(16)17/h6H,3-5,7H2,1-2H3,(H,16,17)(H2,12,14,18). The summed E-state index contributed by atoms with van der Waals surface area (Å²) < 4.78 is 1.87. The van der Waals surface area contributed by atoms with Gasteiger partial charge in [-0.1, -0.05) is 0 Å². The number of hydroxylamine groups is 1. The summed E-state index contributed by atoms with van der Waals surface area (Å²) in [6.07, 6.45) is 0.717. The van der Waals surface area contributed by atoms with Crippen molar-refractivity contribution in [3.8, 4) is 0 Å². The number of carboxylic acids is 1. The average molecular weight is 270 g/mol. The van der Waals surface area contributed by atoms with Crippen molar-refractivity contribution in [2.75, 3.05) is 13.2 Å². The number of hydrogen-bond acceptors (Lipinski definition) is 4. The van der Waals surface area contributed by atoms with Crippen LogP contribution in [0.4, 0.5) is 4.79 Å². The summed E-state index contributed by atoms with van der Waals surface area (Å²) >= 11 is 0. The van der Waals surface area contributed by atoms with E-state index in [4.69, 9.17) is 5.11 Å². The maximum absolute atomic E-state index is 11.1. The van der Waals surface area contributed by atoms with Crippen LogP contribution in [0.1, 0.15) is 17.8 Å². The zero-order valence-corrected chi connectivity index (χ0v) is 11.0. The van der Waals surface area contributed by atoms with Crippen molar-refractivity contribution in [2.24, 2.45) is 0 Å². The molecule has 3 N–H and O–H groups in total. The second-order valence-electron chi connectivity index (χ2n) is 4.04. The van der Waals surface area contributed by atoms with Gasteiger partial charge in [-0.25, -0.2) is 15.1 Å². The quantitative estimate of drug-likeness (QED) is 0.485. The molecule has 0 unspecified atom stereocenters. The van der Waals surface area contributed by atoms with E-state index < -0.39 is 18.6 Å². The fraction of sp³-hybridized carbons (Fsp3) is 0.545. The van der Waals surface area contributed by atoms with Crippen LogP contribution in [-0.2, 0) is 16.2 Å². The highest BCUT2D eigenvalue weighted by Gasteiger charge is 2.03. The molecule has 0 saturated heterocycles. The van der Waals surface area contributed by atoms with Gasteiger partial charge >= 0.3 is 12.0 Å². The number of carbonyl (C=O) groups excluding carboxylic acids is 1.